The highest BCUT2D eigenvalue weighted by Gasteiger charge is 2.08. The number of nitrogens with zero attached hydrogens (tertiary/aromatic N) is 1. The van der Waals surface area contributed by atoms with Crippen LogP contribution in [0.2, 0.25) is 4.34 Å². The Morgan fingerprint density at radius 2 is 2.18 bits per heavy atom. The molecule has 0 fully saturated rings. The van der Waals surface area contributed by atoms with Crippen molar-refractivity contribution in [2.24, 2.45) is 0 Å². The van der Waals surface area contributed by atoms with Crippen LogP contribution < -0.4 is 0 Å². The lowest BCUT2D eigenvalue weighted by atomic mass is 10.3. The molecule has 0 saturated carbocycles. The normalized spacial score (nSPS) is 10.8. The van der Waals surface area contributed by atoms with E-state index in [0.717, 1.165) is 40.5 Å². The number of carbonyl (C=O) groups is 1. The van der Waals surface area contributed by atoms with E-state index >= 15 is 0 Å². The second kappa shape index (κ2) is 5.07. The number of carbonyl (C=O) groups excluding carboxylic acids is 1. The van der Waals surface area contributed by atoms with E-state index in [1.54, 1.807) is 11.3 Å². The average molecular weight is 268 g/mol. The third kappa shape index (κ3) is 2.61. The van der Waals surface area contributed by atoms with Crippen LogP contribution >= 0.6 is 22.9 Å². The number of thiophene rings is 1. The molecule has 2 aromatic heterocycles. The summed E-state index contributed by atoms with van der Waals surface area (Å²) < 4.78 is 3.01. The molecule has 0 spiro atoms. The molecule has 0 radical (unpaired) electrons. The number of rotatable bonds is 4. The summed E-state index contributed by atoms with van der Waals surface area (Å²) in [4.78, 5) is 12.1. The number of hydrogen-bond donors (Lipinski definition) is 0. The van der Waals surface area contributed by atoms with Crippen molar-refractivity contribution < 1.29 is 4.79 Å². The first-order valence-electron chi connectivity index (χ1n) is 5.48. The Morgan fingerprint density at radius 1 is 1.41 bits per heavy atom. The molecule has 0 aliphatic heterocycles. The van der Waals surface area contributed by atoms with Crippen molar-refractivity contribution in [3.05, 3.63) is 44.4 Å². The summed E-state index contributed by atoms with van der Waals surface area (Å²) in [5.41, 5.74) is 2.96. The van der Waals surface area contributed by atoms with E-state index in [1.807, 2.05) is 26.0 Å². The Labute approximate surface area is 110 Å². The van der Waals surface area contributed by atoms with Crippen LogP contribution in [0.5, 0.6) is 0 Å². The van der Waals surface area contributed by atoms with Gasteiger partial charge in [-0.15, -0.1) is 11.3 Å². The SMILES string of the molecule is Cc1cc(C=O)c(C)n1CCc1ccc(Cl)s1. The van der Waals surface area contributed by atoms with Crippen LogP contribution in [0.15, 0.2) is 18.2 Å². The first kappa shape index (κ1) is 12.4. The van der Waals surface area contributed by atoms with Crippen LogP contribution in [0.4, 0.5) is 0 Å². The molecule has 0 unspecified atom stereocenters. The molecule has 0 bridgehead atoms. The van der Waals surface area contributed by atoms with E-state index in [1.165, 1.54) is 4.88 Å². The largest absolute Gasteiger partial charge is 0.348 e. The van der Waals surface area contributed by atoms with E-state index in [4.69, 9.17) is 11.6 Å². The average Bonchev–Trinajstić information content (AvgIpc) is 2.82. The fraction of sp³-hybridized carbons (Fsp3) is 0.308. The molecule has 0 aromatic carbocycles. The summed E-state index contributed by atoms with van der Waals surface area (Å²) in [5.74, 6) is 0. The monoisotopic (exact) mass is 267 g/mol. The lowest BCUT2D eigenvalue weighted by molar-refractivity contribution is 0.112. The van der Waals surface area contributed by atoms with Gasteiger partial charge in [0.05, 0.1) is 4.34 Å². The van der Waals surface area contributed by atoms with Gasteiger partial charge in [0, 0.05) is 28.4 Å². The van der Waals surface area contributed by atoms with E-state index in [-0.39, 0.29) is 0 Å². The zero-order valence-electron chi connectivity index (χ0n) is 9.87. The summed E-state index contributed by atoms with van der Waals surface area (Å²) in [6.45, 7) is 4.90. The molecule has 4 heteroatoms. The predicted molar refractivity (Wildman–Crippen MR) is 72.3 cm³/mol. The van der Waals surface area contributed by atoms with Gasteiger partial charge in [0.25, 0.3) is 0 Å². The van der Waals surface area contributed by atoms with E-state index in [2.05, 4.69) is 10.6 Å². The van der Waals surface area contributed by atoms with Crippen molar-refractivity contribution in [2.45, 2.75) is 26.8 Å². The summed E-state index contributed by atoms with van der Waals surface area (Å²) in [6, 6.07) is 5.92. The minimum atomic E-state index is 0.784. The molecule has 0 aliphatic rings. The van der Waals surface area contributed by atoms with Gasteiger partial charge in [-0.2, -0.15) is 0 Å². The molecular weight excluding hydrogens is 254 g/mol. The van der Waals surface area contributed by atoms with Crippen molar-refractivity contribution in [3.8, 4) is 0 Å². The molecule has 2 heterocycles. The number of aromatic nitrogens is 1. The molecule has 2 rings (SSSR count). The Bertz CT molecular complexity index is 542. The minimum Gasteiger partial charge on any atom is -0.348 e. The molecule has 17 heavy (non-hydrogen) atoms. The summed E-state index contributed by atoms with van der Waals surface area (Å²) >= 11 is 7.51. The van der Waals surface area contributed by atoms with Crippen molar-refractivity contribution in [3.63, 3.8) is 0 Å². The Balaban J connectivity index is 2.13. The number of aldehydes is 1. The van der Waals surface area contributed by atoms with Gasteiger partial charge in [-0.25, -0.2) is 0 Å². The van der Waals surface area contributed by atoms with E-state index < -0.39 is 0 Å². The molecule has 90 valence electrons. The first-order valence-corrected chi connectivity index (χ1v) is 6.67. The van der Waals surface area contributed by atoms with E-state index in [9.17, 15) is 4.79 Å². The van der Waals surface area contributed by atoms with Crippen molar-refractivity contribution >= 4 is 29.2 Å². The first-order chi connectivity index (χ1) is 8.11. The number of halogens is 1. The predicted octanol–water partition coefficient (Wildman–Crippen LogP) is 3.88. The Morgan fingerprint density at radius 3 is 2.71 bits per heavy atom. The zero-order chi connectivity index (χ0) is 12.4. The molecule has 2 nitrogen and oxygen atoms in total. The van der Waals surface area contributed by atoms with Crippen LogP contribution in [0, 0.1) is 13.8 Å². The van der Waals surface area contributed by atoms with Crippen LogP contribution in [-0.2, 0) is 13.0 Å². The second-order valence-corrected chi connectivity index (χ2v) is 5.85. The molecule has 0 N–H and O–H groups in total. The maximum atomic E-state index is 10.8. The number of hydrogen-bond acceptors (Lipinski definition) is 2. The van der Waals surface area contributed by atoms with Gasteiger partial charge in [0.15, 0.2) is 6.29 Å². The third-order valence-electron chi connectivity index (χ3n) is 2.95. The van der Waals surface area contributed by atoms with Crippen molar-refractivity contribution in [1.29, 1.82) is 0 Å². The van der Waals surface area contributed by atoms with Gasteiger partial charge in [-0.1, -0.05) is 11.6 Å². The van der Waals surface area contributed by atoms with E-state index in [0.29, 0.717) is 0 Å². The maximum absolute atomic E-state index is 10.8. The third-order valence-corrected chi connectivity index (χ3v) is 4.24. The molecule has 0 amide bonds. The lowest BCUT2D eigenvalue weighted by Crippen LogP contribution is -2.04. The fourth-order valence-electron chi connectivity index (χ4n) is 2.00. The minimum absolute atomic E-state index is 0.784. The van der Waals surface area contributed by atoms with Crippen LogP contribution in [0.3, 0.4) is 0 Å². The Kier molecular flexibility index (Phi) is 3.69. The second-order valence-electron chi connectivity index (χ2n) is 4.05. The fourth-order valence-corrected chi connectivity index (χ4v) is 3.08. The highest BCUT2D eigenvalue weighted by molar-refractivity contribution is 7.16. The summed E-state index contributed by atoms with van der Waals surface area (Å²) in [5, 5.41) is 0. The van der Waals surface area contributed by atoms with Gasteiger partial charge in [-0.05, 0) is 38.5 Å². The zero-order valence-corrected chi connectivity index (χ0v) is 11.4. The van der Waals surface area contributed by atoms with Crippen molar-refractivity contribution in [2.75, 3.05) is 0 Å². The van der Waals surface area contributed by atoms with Gasteiger partial charge in [0.1, 0.15) is 0 Å². The standard InChI is InChI=1S/C13H14ClNOS/c1-9-7-11(8-16)10(2)15(9)6-5-12-3-4-13(14)17-12/h3-4,7-8H,5-6H2,1-2H3. The van der Waals surface area contributed by atoms with Crippen LogP contribution in [0.25, 0.3) is 0 Å². The molecule has 0 atom stereocenters. The van der Waals surface area contributed by atoms with Gasteiger partial charge in [0.2, 0.25) is 0 Å². The quantitative estimate of drug-likeness (QED) is 0.771. The lowest BCUT2D eigenvalue weighted by Gasteiger charge is -2.08. The molecule has 0 saturated heterocycles. The van der Waals surface area contributed by atoms with Crippen LogP contribution in [0.1, 0.15) is 26.6 Å². The highest BCUT2D eigenvalue weighted by atomic mass is 35.5. The summed E-state index contributed by atoms with van der Waals surface area (Å²) in [7, 11) is 0. The highest BCUT2D eigenvalue weighted by Crippen LogP contribution is 2.23. The molecule has 2 aromatic rings. The maximum Gasteiger partial charge on any atom is 0.151 e. The molecule has 0 aliphatic carbocycles. The topological polar surface area (TPSA) is 22.0 Å². The Hall–Kier alpha value is -1.06. The molecular formula is C13H14ClNOS. The van der Waals surface area contributed by atoms with Crippen molar-refractivity contribution in [1.82, 2.24) is 4.57 Å². The smallest absolute Gasteiger partial charge is 0.151 e. The van der Waals surface area contributed by atoms with Gasteiger partial charge < -0.3 is 4.57 Å². The number of aryl methyl sites for hydroxylation is 2. The van der Waals surface area contributed by atoms with Gasteiger partial charge >= 0.3 is 0 Å². The van der Waals surface area contributed by atoms with Crippen LogP contribution in [-0.4, -0.2) is 10.9 Å². The summed E-state index contributed by atoms with van der Waals surface area (Å²) in [6.07, 6.45) is 1.87. The van der Waals surface area contributed by atoms with Gasteiger partial charge in [-0.3, -0.25) is 4.79 Å².